The lowest BCUT2D eigenvalue weighted by Crippen LogP contribution is -2.50. The maximum absolute atomic E-state index is 13.3. The van der Waals surface area contributed by atoms with Crippen molar-refractivity contribution in [3.63, 3.8) is 0 Å². The summed E-state index contributed by atoms with van der Waals surface area (Å²) in [6, 6.07) is 15.5. The number of nitrogens with one attached hydrogen (secondary N) is 3. The summed E-state index contributed by atoms with van der Waals surface area (Å²) in [4.78, 5) is 31.0. The number of nitrogens with zero attached hydrogens (tertiary/aromatic N) is 3. The molecule has 1 atom stereocenters. The number of halogens is 1. The van der Waals surface area contributed by atoms with Crippen LogP contribution in [0.15, 0.2) is 54.6 Å². The van der Waals surface area contributed by atoms with Gasteiger partial charge < -0.3 is 15.5 Å². The van der Waals surface area contributed by atoms with Crippen LogP contribution in [0.1, 0.15) is 30.9 Å². The fourth-order valence-corrected chi connectivity index (χ4v) is 4.90. The molecule has 0 radical (unpaired) electrons. The van der Waals surface area contributed by atoms with Gasteiger partial charge in [-0.15, -0.1) is 0 Å². The van der Waals surface area contributed by atoms with Gasteiger partial charge in [-0.05, 0) is 75.8 Å². The molecule has 2 aliphatic rings. The Kier molecular flexibility index (Phi) is 8.98. The lowest BCUT2D eigenvalue weighted by atomic mass is 10.0. The Bertz CT molecular complexity index is 966. The number of hydrogen-bond donors (Lipinski definition) is 3. The summed E-state index contributed by atoms with van der Waals surface area (Å²) >= 11 is 5.93. The van der Waals surface area contributed by atoms with Crippen molar-refractivity contribution in [2.45, 2.75) is 31.3 Å². The van der Waals surface area contributed by atoms with Gasteiger partial charge in [0.05, 0.1) is 0 Å². The standard InChI is InChI=1S/C26H35ClN6O2/c1-31-16-12-23(13-17-31)32-14-5-15-33(19-18-32)30-25(34)24(20-6-3-2-4-7-20)29-26(35)28-22-10-8-21(27)9-11-22/h2-4,6-11,23-24H,5,12-19H2,1H3,(H,30,34)(H2,28,29,35). The first kappa shape index (κ1) is 25.4. The zero-order chi connectivity index (χ0) is 24.6. The van der Waals surface area contributed by atoms with Crippen molar-refractivity contribution < 1.29 is 9.59 Å². The molecule has 2 aromatic rings. The second-order valence-corrected chi connectivity index (χ2v) is 9.77. The highest BCUT2D eigenvalue weighted by atomic mass is 35.5. The van der Waals surface area contributed by atoms with Gasteiger partial charge in [0.2, 0.25) is 0 Å². The topological polar surface area (TPSA) is 80.0 Å². The number of carbonyl (C=O) groups is 2. The summed E-state index contributed by atoms with van der Waals surface area (Å²) in [5.74, 6) is -0.254. The van der Waals surface area contributed by atoms with Crippen molar-refractivity contribution in [3.05, 3.63) is 65.2 Å². The predicted molar refractivity (Wildman–Crippen MR) is 139 cm³/mol. The lowest BCUT2D eigenvalue weighted by molar-refractivity contribution is -0.128. The Labute approximate surface area is 212 Å². The van der Waals surface area contributed by atoms with Gasteiger partial charge >= 0.3 is 6.03 Å². The van der Waals surface area contributed by atoms with Crippen LogP contribution in [0.4, 0.5) is 10.5 Å². The number of hydrogen-bond acceptors (Lipinski definition) is 5. The summed E-state index contributed by atoms with van der Waals surface area (Å²) < 4.78 is 0. The molecule has 9 heteroatoms. The van der Waals surface area contributed by atoms with Gasteiger partial charge in [0, 0.05) is 36.4 Å². The fourth-order valence-electron chi connectivity index (χ4n) is 4.77. The van der Waals surface area contributed by atoms with E-state index in [2.05, 4.69) is 32.9 Å². The van der Waals surface area contributed by atoms with Crippen molar-refractivity contribution in [2.75, 3.05) is 51.6 Å². The third-order valence-electron chi connectivity index (χ3n) is 6.78. The molecule has 3 amide bonds. The van der Waals surface area contributed by atoms with Crippen molar-refractivity contribution >= 4 is 29.2 Å². The number of urea groups is 1. The third-order valence-corrected chi connectivity index (χ3v) is 7.03. The Balaban J connectivity index is 1.36. The van der Waals surface area contributed by atoms with Crippen LogP contribution in [-0.2, 0) is 4.79 Å². The number of piperidine rings is 1. The van der Waals surface area contributed by atoms with Crippen LogP contribution in [0.5, 0.6) is 0 Å². The molecular weight excluding hydrogens is 464 g/mol. The van der Waals surface area contributed by atoms with Crippen LogP contribution in [-0.4, -0.2) is 79.1 Å². The van der Waals surface area contributed by atoms with E-state index in [4.69, 9.17) is 11.6 Å². The molecule has 2 aliphatic heterocycles. The molecule has 0 aliphatic carbocycles. The first-order valence-corrected chi connectivity index (χ1v) is 12.7. The number of carbonyl (C=O) groups excluding carboxylic acids is 2. The van der Waals surface area contributed by atoms with E-state index in [1.165, 1.54) is 12.8 Å². The van der Waals surface area contributed by atoms with E-state index >= 15 is 0 Å². The first-order valence-electron chi connectivity index (χ1n) is 12.3. The Hall–Kier alpha value is -2.65. The average Bonchev–Trinajstić information content (AvgIpc) is 3.10. The van der Waals surface area contributed by atoms with E-state index in [1.54, 1.807) is 24.3 Å². The number of benzene rings is 2. The van der Waals surface area contributed by atoms with Crippen LogP contribution >= 0.6 is 11.6 Å². The molecule has 0 aromatic heterocycles. The summed E-state index contributed by atoms with van der Waals surface area (Å²) in [6.45, 7) is 5.80. The molecule has 2 fully saturated rings. The molecule has 188 valence electrons. The number of likely N-dealkylation sites (tertiary alicyclic amines) is 1. The minimum Gasteiger partial charge on any atom is -0.322 e. The highest BCUT2D eigenvalue weighted by Crippen LogP contribution is 2.19. The van der Waals surface area contributed by atoms with E-state index in [0.717, 1.165) is 51.3 Å². The molecule has 3 N–H and O–H groups in total. The Morgan fingerprint density at radius 1 is 0.914 bits per heavy atom. The summed E-state index contributed by atoms with van der Waals surface area (Å²) in [5.41, 5.74) is 4.38. The molecule has 0 spiro atoms. The van der Waals surface area contributed by atoms with E-state index < -0.39 is 12.1 Å². The molecule has 2 aromatic carbocycles. The lowest BCUT2D eigenvalue weighted by Gasteiger charge is -2.36. The number of rotatable bonds is 6. The van der Waals surface area contributed by atoms with E-state index in [9.17, 15) is 9.59 Å². The van der Waals surface area contributed by atoms with Crippen molar-refractivity contribution in [3.8, 4) is 0 Å². The fraction of sp³-hybridized carbons (Fsp3) is 0.462. The van der Waals surface area contributed by atoms with Gasteiger partial charge in [0.15, 0.2) is 0 Å². The van der Waals surface area contributed by atoms with Gasteiger partial charge in [0.25, 0.3) is 5.91 Å². The maximum atomic E-state index is 13.3. The minimum absolute atomic E-state index is 0.254. The van der Waals surface area contributed by atoms with E-state index in [0.29, 0.717) is 16.8 Å². The second-order valence-electron chi connectivity index (χ2n) is 9.34. The van der Waals surface area contributed by atoms with Gasteiger partial charge in [-0.25, -0.2) is 9.80 Å². The van der Waals surface area contributed by atoms with E-state index in [1.807, 2.05) is 35.3 Å². The second kappa shape index (κ2) is 12.4. The summed E-state index contributed by atoms with van der Waals surface area (Å²) in [6.07, 6.45) is 3.39. The molecule has 0 bridgehead atoms. The van der Waals surface area contributed by atoms with Gasteiger partial charge in [0.1, 0.15) is 6.04 Å². The average molecular weight is 499 g/mol. The smallest absolute Gasteiger partial charge is 0.320 e. The number of anilines is 1. The van der Waals surface area contributed by atoms with Crippen LogP contribution in [0, 0.1) is 0 Å². The minimum atomic E-state index is -0.822. The molecule has 1 unspecified atom stereocenters. The largest absolute Gasteiger partial charge is 0.322 e. The Morgan fingerprint density at radius 2 is 1.63 bits per heavy atom. The highest BCUT2D eigenvalue weighted by Gasteiger charge is 2.28. The Morgan fingerprint density at radius 3 is 2.34 bits per heavy atom. The van der Waals surface area contributed by atoms with Crippen LogP contribution in [0.25, 0.3) is 0 Å². The van der Waals surface area contributed by atoms with E-state index in [-0.39, 0.29) is 5.91 Å². The first-order chi connectivity index (χ1) is 17.0. The van der Waals surface area contributed by atoms with Crippen LogP contribution in [0.2, 0.25) is 5.02 Å². The van der Waals surface area contributed by atoms with Gasteiger partial charge in [-0.3, -0.25) is 15.1 Å². The molecule has 2 saturated heterocycles. The van der Waals surface area contributed by atoms with Crippen molar-refractivity contribution in [2.24, 2.45) is 0 Å². The zero-order valence-electron chi connectivity index (χ0n) is 20.3. The SMILES string of the molecule is CN1CCC(N2CCCN(NC(=O)C(NC(=O)Nc3ccc(Cl)cc3)c3ccccc3)CC2)CC1. The predicted octanol–water partition coefficient (Wildman–Crippen LogP) is 3.34. The molecular formula is C26H35ClN6O2. The summed E-state index contributed by atoms with van der Waals surface area (Å²) in [5, 5.41) is 8.18. The third kappa shape index (κ3) is 7.41. The van der Waals surface area contributed by atoms with Gasteiger partial charge in [-0.1, -0.05) is 41.9 Å². The maximum Gasteiger partial charge on any atom is 0.320 e. The van der Waals surface area contributed by atoms with Crippen LogP contribution in [0.3, 0.4) is 0 Å². The number of hydrazine groups is 1. The van der Waals surface area contributed by atoms with Crippen LogP contribution < -0.4 is 16.1 Å². The molecule has 2 heterocycles. The van der Waals surface area contributed by atoms with Crippen molar-refractivity contribution in [1.29, 1.82) is 0 Å². The summed E-state index contributed by atoms with van der Waals surface area (Å²) in [7, 11) is 2.18. The van der Waals surface area contributed by atoms with Gasteiger partial charge in [-0.2, -0.15) is 0 Å². The monoisotopic (exact) mass is 498 g/mol. The van der Waals surface area contributed by atoms with Crippen molar-refractivity contribution in [1.82, 2.24) is 25.6 Å². The highest BCUT2D eigenvalue weighted by molar-refractivity contribution is 6.30. The normalized spacial score (nSPS) is 19.5. The molecule has 0 saturated carbocycles. The molecule has 8 nitrogen and oxygen atoms in total. The quantitative estimate of drug-likeness (QED) is 0.569. The molecule has 4 rings (SSSR count). The number of amides is 3. The molecule has 35 heavy (non-hydrogen) atoms. The zero-order valence-corrected chi connectivity index (χ0v) is 21.0.